The van der Waals surface area contributed by atoms with Crippen LogP contribution in [-0.2, 0) is 0 Å². The number of aromatic nitrogens is 1. The Labute approximate surface area is 71.2 Å². The smallest absolute Gasteiger partial charge is 0.168 e. The number of hydrogen-bond acceptors (Lipinski definition) is 2. The minimum atomic E-state index is -0.273. The average Bonchev–Trinajstić information content (AvgIpc) is 1.95. The molecule has 0 saturated heterocycles. The maximum atomic E-state index is 12.9. The fraction of sp³-hybridized carbons (Fsp3) is 0.286. The van der Waals surface area contributed by atoms with Crippen molar-refractivity contribution in [2.45, 2.75) is 6.92 Å². The summed E-state index contributed by atoms with van der Waals surface area (Å²) >= 11 is 0. The van der Waals surface area contributed by atoms with Crippen LogP contribution in [0.5, 0.6) is 0 Å². The Morgan fingerprint density at radius 1 is 1.55 bits per heavy atom. The Hall–Kier alpha value is -0.830. The van der Waals surface area contributed by atoms with E-state index in [4.69, 9.17) is 0 Å². The second-order valence-corrected chi connectivity index (χ2v) is 2.04. The molecule has 1 rings (SSSR count). The molecule has 0 fully saturated rings. The van der Waals surface area contributed by atoms with Crippen LogP contribution in [0.2, 0.25) is 0 Å². The zero-order valence-corrected chi connectivity index (χ0v) is 7.20. The summed E-state index contributed by atoms with van der Waals surface area (Å²) in [6, 6.07) is 1.64. The third-order valence-electron chi connectivity index (χ3n) is 1.32. The van der Waals surface area contributed by atoms with E-state index in [1.165, 1.54) is 0 Å². The van der Waals surface area contributed by atoms with Gasteiger partial charge in [-0.2, -0.15) is 0 Å². The van der Waals surface area contributed by atoms with Gasteiger partial charge in [0.25, 0.3) is 0 Å². The van der Waals surface area contributed by atoms with Crippen LogP contribution >= 0.6 is 12.4 Å². The largest absolute Gasteiger partial charge is 0.371 e. The van der Waals surface area contributed by atoms with E-state index in [-0.39, 0.29) is 18.2 Å². The van der Waals surface area contributed by atoms with Gasteiger partial charge in [0, 0.05) is 13.2 Å². The molecule has 0 aliphatic heterocycles. The van der Waals surface area contributed by atoms with Gasteiger partial charge in [0.05, 0.1) is 0 Å². The molecule has 1 aromatic heterocycles. The number of anilines is 1. The predicted molar refractivity (Wildman–Crippen MR) is 45.7 cm³/mol. The SMILES string of the molecule is CNc1nccc(C)c1F.Cl. The Kier molecular flexibility index (Phi) is 3.82. The fourth-order valence-corrected chi connectivity index (χ4v) is 0.714. The highest BCUT2D eigenvalue weighted by Crippen LogP contribution is 2.12. The van der Waals surface area contributed by atoms with Gasteiger partial charge < -0.3 is 5.32 Å². The van der Waals surface area contributed by atoms with Crippen molar-refractivity contribution in [3.63, 3.8) is 0 Å². The molecular formula is C7H10ClFN2. The molecule has 1 aromatic rings. The summed E-state index contributed by atoms with van der Waals surface area (Å²) in [6.45, 7) is 1.71. The van der Waals surface area contributed by atoms with Crippen LogP contribution in [0.25, 0.3) is 0 Å². The molecule has 11 heavy (non-hydrogen) atoms. The van der Waals surface area contributed by atoms with E-state index in [9.17, 15) is 4.39 Å². The van der Waals surface area contributed by atoms with Gasteiger partial charge in [-0.05, 0) is 18.6 Å². The summed E-state index contributed by atoms with van der Waals surface area (Å²) in [6.07, 6.45) is 1.57. The highest BCUT2D eigenvalue weighted by atomic mass is 35.5. The molecule has 4 heteroatoms. The van der Waals surface area contributed by atoms with Crippen molar-refractivity contribution < 1.29 is 4.39 Å². The number of nitrogens with zero attached hydrogens (tertiary/aromatic N) is 1. The van der Waals surface area contributed by atoms with Gasteiger partial charge in [0.1, 0.15) is 0 Å². The minimum Gasteiger partial charge on any atom is -0.371 e. The highest BCUT2D eigenvalue weighted by molar-refractivity contribution is 5.85. The van der Waals surface area contributed by atoms with Gasteiger partial charge in [-0.3, -0.25) is 0 Å². The van der Waals surface area contributed by atoms with Crippen LogP contribution in [-0.4, -0.2) is 12.0 Å². The standard InChI is InChI=1S/C7H9FN2.ClH/c1-5-3-4-10-7(9-2)6(5)8;/h3-4H,1-2H3,(H,9,10);1H. The molecule has 0 radical (unpaired) electrons. The molecule has 0 atom stereocenters. The van der Waals surface area contributed by atoms with Crippen molar-refractivity contribution >= 4 is 18.2 Å². The summed E-state index contributed by atoms with van der Waals surface area (Å²) in [5.41, 5.74) is 0.611. The number of aryl methyl sites for hydroxylation is 1. The van der Waals surface area contributed by atoms with Gasteiger partial charge in [0.15, 0.2) is 11.6 Å². The van der Waals surface area contributed by atoms with Crippen molar-refractivity contribution in [1.29, 1.82) is 0 Å². The molecule has 0 bridgehead atoms. The number of hydrogen-bond donors (Lipinski definition) is 1. The molecule has 1 N–H and O–H groups in total. The van der Waals surface area contributed by atoms with E-state index >= 15 is 0 Å². The average molecular weight is 177 g/mol. The lowest BCUT2D eigenvalue weighted by Crippen LogP contribution is -1.97. The van der Waals surface area contributed by atoms with Gasteiger partial charge in [0.2, 0.25) is 0 Å². The first kappa shape index (κ1) is 10.2. The Morgan fingerprint density at radius 3 is 2.64 bits per heavy atom. The molecule has 0 aliphatic carbocycles. The van der Waals surface area contributed by atoms with Crippen molar-refractivity contribution in [2.24, 2.45) is 0 Å². The van der Waals surface area contributed by atoms with E-state index in [0.717, 1.165) is 0 Å². The van der Waals surface area contributed by atoms with Crippen LogP contribution in [0.4, 0.5) is 10.2 Å². The quantitative estimate of drug-likeness (QED) is 0.708. The minimum absolute atomic E-state index is 0. The summed E-state index contributed by atoms with van der Waals surface area (Å²) in [4.78, 5) is 3.77. The summed E-state index contributed by atoms with van der Waals surface area (Å²) in [7, 11) is 1.64. The number of pyridine rings is 1. The second-order valence-electron chi connectivity index (χ2n) is 2.04. The Morgan fingerprint density at radius 2 is 2.18 bits per heavy atom. The van der Waals surface area contributed by atoms with Crippen molar-refractivity contribution in [1.82, 2.24) is 4.98 Å². The molecule has 0 amide bonds. The van der Waals surface area contributed by atoms with Gasteiger partial charge >= 0.3 is 0 Å². The summed E-state index contributed by atoms with van der Waals surface area (Å²) in [5, 5.41) is 2.65. The summed E-state index contributed by atoms with van der Waals surface area (Å²) in [5.74, 6) is 0.0324. The maximum absolute atomic E-state index is 12.9. The molecule has 0 aliphatic rings. The van der Waals surface area contributed by atoms with Gasteiger partial charge in [-0.1, -0.05) is 0 Å². The van der Waals surface area contributed by atoms with E-state index < -0.39 is 0 Å². The van der Waals surface area contributed by atoms with Crippen molar-refractivity contribution in [2.75, 3.05) is 12.4 Å². The first-order valence-electron chi connectivity index (χ1n) is 3.04. The molecule has 0 spiro atoms. The van der Waals surface area contributed by atoms with Crippen LogP contribution in [0.1, 0.15) is 5.56 Å². The van der Waals surface area contributed by atoms with Crippen LogP contribution < -0.4 is 5.32 Å². The maximum Gasteiger partial charge on any atom is 0.168 e. The lowest BCUT2D eigenvalue weighted by Gasteiger charge is -2.01. The molecular weight excluding hydrogens is 167 g/mol. The van der Waals surface area contributed by atoms with Crippen LogP contribution in [0.3, 0.4) is 0 Å². The lowest BCUT2D eigenvalue weighted by atomic mass is 10.3. The normalized spacial score (nSPS) is 8.64. The number of nitrogens with one attached hydrogen (secondary N) is 1. The number of halogens is 2. The van der Waals surface area contributed by atoms with Gasteiger partial charge in [-0.15, -0.1) is 12.4 Å². The molecule has 0 unspecified atom stereocenters. The zero-order chi connectivity index (χ0) is 7.56. The fourth-order valence-electron chi connectivity index (χ4n) is 0.714. The Balaban J connectivity index is 0.000001000. The first-order chi connectivity index (χ1) is 4.75. The molecule has 62 valence electrons. The predicted octanol–water partition coefficient (Wildman–Crippen LogP) is 1.99. The van der Waals surface area contributed by atoms with Crippen molar-refractivity contribution in [3.05, 3.63) is 23.6 Å². The first-order valence-corrected chi connectivity index (χ1v) is 3.04. The number of rotatable bonds is 1. The van der Waals surface area contributed by atoms with Crippen LogP contribution in [0.15, 0.2) is 12.3 Å². The van der Waals surface area contributed by atoms with Crippen LogP contribution in [0, 0.1) is 12.7 Å². The van der Waals surface area contributed by atoms with E-state index in [1.54, 1.807) is 26.2 Å². The Bertz CT molecular complexity index is 240. The summed E-state index contributed by atoms with van der Waals surface area (Å²) < 4.78 is 12.9. The molecule has 0 aromatic carbocycles. The van der Waals surface area contributed by atoms with Gasteiger partial charge in [-0.25, -0.2) is 9.37 Å². The third kappa shape index (κ3) is 2.05. The lowest BCUT2D eigenvalue weighted by molar-refractivity contribution is 0.616. The van der Waals surface area contributed by atoms with E-state index in [0.29, 0.717) is 11.4 Å². The topological polar surface area (TPSA) is 24.9 Å². The third-order valence-corrected chi connectivity index (χ3v) is 1.32. The van der Waals surface area contributed by atoms with E-state index in [2.05, 4.69) is 10.3 Å². The monoisotopic (exact) mass is 176 g/mol. The van der Waals surface area contributed by atoms with Crippen molar-refractivity contribution in [3.8, 4) is 0 Å². The van der Waals surface area contributed by atoms with E-state index in [1.807, 2.05) is 0 Å². The molecule has 2 nitrogen and oxygen atoms in total. The molecule has 0 saturated carbocycles. The second kappa shape index (κ2) is 4.13. The molecule has 1 heterocycles. The zero-order valence-electron chi connectivity index (χ0n) is 6.39. The highest BCUT2D eigenvalue weighted by Gasteiger charge is 2.01.